The topological polar surface area (TPSA) is 113 Å². The predicted octanol–water partition coefficient (Wildman–Crippen LogP) is 2.07. The molecule has 0 aromatic heterocycles. The van der Waals surface area contributed by atoms with Crippen LogP contribution < -0.4 is 21.7 Å². The van der Waals surface area contributed by atoms with Gasteiger partial charge in [-0.15, -0.1) is 0 Å². The molecule has 2 aromatic rings. The maximum absolute atomic E-state index is 13.5. The summed E-state index contributed by atoms with van der Waals surface area (Å²) in [6, 6.07) is 10.2. The summed E-state index contributed by atoms with van der Waals surface area (Å²) < 4.78 is 13.5. The minimum absolute atomic E-state index is 0.0393. The summed E-state index contributed by atoms with van der Waals surface area (Å²) in [6.07, 6.45) is 0. The van der Waals surface area contributed by atoms with Crippen LogP contribution in [0.4, 0.5) is 20.6 Å². The van der Waals surface area contributed by atoms with Crippen molar-refractivity contribution in [2.75, 3.05) is 10.6 Å². The number of nitrogens with one attached hydrogen (secondary N) is 3. The summed E-state index contributed by atoms with van der Waals surface area (Å²) >= 11 is 0. The lowest BCUT2D eigenvalue weighted by atomic mass is 10.2. The van der Waals surface area contributed by atoms with Crippen LogP contribution >= 0.6 is 0 Å². The summed E-state index contributed by atoms with van der Waals surface area (Å²) in [5.41, 5.74) is 5.94. The first-order valence-corrected chi connectivity index (χ1v) is 7.39. The van der Waals surface area contributed by atoms with Crippen molar-refractivity contribution in [2.45, 2.75) is 13.0 Å². The molecule has 2 rings (SSSR count). The summed E-state index contributed by atoms with van der Waals surface area (Å²) in [5, 5.41) is 7.20. The van der Waals surface area contributed by atoms with Crippen molar-refractivity contribution in [2.24, 2.45) is 5.73 Å². The number of anilines is 2. The van der Waals surface area contributed by atoms with Gasteiger partial charge in [-0.25, -0.2) is 9.18 Å². The van der Waals surface area contributed by atoms with E-state index in [0.717, 1.165) is 0 Å². The fourth-order valence-corrected chi connectivity index (χ4v) is 2.01. The van der Waals surface area contributed by atoms with Crippen LogP contribution in [0.3, 0.4) is 0 Å². The van der Waals surface area contributed by atoms with Gasteiger partial charge in [-0.1, -0.05) is 18.2 Å². The number of carbonyl (C=O) groups is 3. The molecule has 0 spiro atoms. The number of benzene rings is 2. The second-order valence-corrected chi connectivity index (χ2v) is 5.23. The van der Waals surface area contributed by atoms with Gasteiger partial charge in [0.25, 0.3) is 0 Å². The fourth-order valence-electron chi connectivity index (χ4n) is 2.01. The minimum atomic E-state index is -0.852. The molecule has 4 amide bonds. The summed E-state index contributed by atoms with van der Waals surface area (Å²) in [7, 11) is 0. The molecule has 0 bridgehead atoms. The maximum atomic E-state index is 13.5. The van der Waals surface area contributed by atoms with Gasteiger partial charge in [-0.3, -0.25) is 14.9 Å². The lowest BCUT2D eigenvalue weighted by Crippen LogP contribution is -2.43. The summed E-state index contributed by atoms with van der Waals surface area (Å²) in [6.45, 7) is 1.53. The Morgan fingerprint density at radius 1 is 1.08 bits per heavy atom. The van der Waals surface area contributed by atoms with E-state index in [1.54, 1.807) is 24.3 Å². The molecule has 2 aromatic carbocycles. The zero-order chi connectivity index (χ0) is 18.4. The second kappa shape index (κ2) is 7.91. The van der Waals surface area contributed by atoms with E-state index in [1.807, 2.05) is 0 Å². The molecule has 0 saturated carbocycles. The van der Waals surface area contributed by atoms with E-state index in [-0.39, 0.29) is 11.3 Å². The smallest absolute Gasteiger partial charge is 0.326 e. The Morgan fingerprint density at radius 3 is 2.48 bits per heavy atom. The zero-order valence-corrected chi connectivity index (χ0v) is 13.4. The Kier molecular flexibility index (Phi) is 5.67. The Morgan fingerprint density at radius 2 is 1.80 bits per heavy atom. The fraction of sp³-hybridized carbons (Fsp3) is 0.118. The highest BCUT2D eigenvalue weighted by molar-refractivity contribution is 6.03. The van der Waals surface area contributed by atoms with E-state index in [0.29, 0.717) is 5.69 Å². The van der Waals surface area contributed by atoms with Gasteiger partial charge in [0, 0.05) is 11.3 Å². The van der Waals surface area contributed by atoms with Crippen molar-refractivity contribution in [1.82, 2.24) is 5.32 Å². The van der Waals surface area contributed by atoms with Gasteiger partial charge in [0.1, 0.15) is 11.9 Å². The number of hydrogen-bond acceptors (Lipinski definition) is 4. The van der Waals surface area contributed by atoms with Gasteiger partial charge in [0.05, 0.1) is 5.69 Å². The molecule has 1 unspecified atom stereocenters. The molecular formula is C17H17FN4O3. The van der Waals surface area contributed by atoms with E-state index in [1.165, 1.54) is 31.2 Å². The first-order chi connectivity index (χ1) is 11.9. The van der Waals surface area contributed by atoms with Gasteiger partial charge in [-0.2, -0.15) is 0 Å². The van der Waals surface area contributed by atoms with Gasteiger partial charge >= 0.3 is 6.03 Å². The molecule has 0 heterocycles. The molecule has 0 aliphatic rings. The number of halogens is 1. The van der Waals surface area contributed by atoms with Crippen LogP contribution in [0.15, 0.2) is 48.5 Å². The van der Waals surface area contributed by atoms with E-state index in [4.69, 9.17) is 5.73 Å². The van der Waals surface area contributed by atoms with E-state index >= 15 is 0 Å². The Bertz CT molecular complexity index is 810. The number of rotatable bonds is 5. The van der Waals surface area contributed by atoms with E-state index in [9.17, 15) is 18.8 Å². The zero-order valence-electron chi connectivity index (χ0n) is 13.4. The standard InChI is InChI=1S/C17H17FN4O3/c1-10(20-12-6-4-5-11(9-12)15(19)23)16(24)22-17(25)21-14-8-3-2-7-13(14)18/h2-10,20H,1H3,(H2,19,23)(H2,21,22,24,25). The average Bonchev–Trinajstić information content (AvgIpc) is 2.57. The van der Waals surface area contributed by atoms with Crippen LogP contribution in [0.1, 0.15) is 17.3 Å². The maximum Gasteiger partial charge on any atom is 0.326 e. The molecule has 0 fully saturated rings. The average molecular weight is 344 g/mol. The number of primary amides is 1. The molecule has 8 heteroatoms. The molecule has 7 nitrogen and oxygen atoms in total. The lowest BCUT2D eigenvalue weighted by Gasteiger charge is -2.15. The molecule has 0 aliphatic heterocycles. The van der Waals surface area contributed by atoms with Crippen molar-refractivity contribution in [1.29, 1.82) is 0 Å². The largest absolute Gasteiger partial charge is 0.374 e. The van der Waals surface area contributed by atoms with Gasteiger partial charge in [0.2, 0.25) is 11.8 Å². The molecule has 130 valence electrons. The monoisotopic (exact) mass is 344 g/mol. The third kappa shape index (κ3) is 5.03. The number of hydrogen-bond donors (Lipinski definition) is 4. The first kappa shape index (κ1) is 17.9. The number of para-hydroxylation sites is 1. The van der Waals surface area contributed by atoms with Crippen LogP contribution in [-0.4, -0.2) is 23.9 Å². The number of carbonyl (C=O) groups excluding carboxylic acids is 3. The molecule has 1 atom stereocenters. The number of urea groups is 1. The number of amides is 4. The Balaban J connectivity index is 1.94. The highest BCUT2D eigenvalue weighted by atomic mass is 19.1. The van der Waals surface area contributed by atoms with Crippen LogP contribution in [-0.2, 0) is 4.79 Å². The summed E-state index contributed by atoms with van der Waals surface area (Å²) in [5.74, 6) is -1.83. The van der Waals surface area contributed by atoms with Gasteiger partial charge in [0.15, 0.2) is 0 Å². The normalized spacial score (nSPS) is 11.3. The number of imide groups is 1. The van der Waals surface area contributed by atoms with Crippen molar-refractivity contribution < 1.29 is 18.8 Å². The Labute approximate surface area is 143 Å². The molecule has 0 aliphatic carbocycles. The van der Waals surface area contributed by atoms with Gasteiger partial charge < -0.3 is 16.4 Å². The highest BCUT2D eigenvalue weighted by Crippen LogP contribution is 2.13. The number of nitrogens with two attached hydrogens (primary N) is 1. The molecular weight excluding hydrogens is 327 g/mol. The minimum Gasteiger partial charge on any atom is -0.374 e. The molecule has 5 N–H and O–H groups in total. The third-order valence-corrected chi connectivity index (χ3v) is 3.28. The molecule has 25 heavy (non-hydrogen) atoms. The third-order valence-electron chi connectivity index (χ3n) is 3.28. The van der Waals surface area contributed by atoms with Crippen molar-refractivity contribution >= 4 is 29.2 Å². The first-order valence-electron chi connectivity index (χ1n) is 7.39. The van der Waals surface area contributed by atoms with Gasteiger partial charge in [-0.05, 0) is 37.3 Å². The van der Waals surface area contributed by atoms with Crippen LogP contribution in [0.2, 0.25) is 0 Å². The van der Waals surface area contributed by atoms with Crippen LogP contribution in [0.5, 0.6) is 0 Å². The van der Waals surface area contributed by atoms with Crippen molar-refractivity contribution in [3.8, 4) is 0 Å². The van der Waals surface area contributed by atoms with E-state index in [2.05, 4.69) is 16.0 Å². The predicted molar refractivity (Wildman–Crippen MR) is 91.6 cm³/mol. The van der Waals surface area contributed by atoms with Crippen molar-refractivity contribution in [3.63, 3.8) is 0 Å². The Hall–Kier alpha value is -3.42. The van der Waals surface area contributed by atoms with Crippen LogP contribution in [0.25, 0.3) is 0 Å². The van der Waals surface area contributed by atoms with Crippen molar-refractivity contribution in [3.05, 3.63) is 59.9 Å². The molecule has 0 radical (unpaired) electrons. The summed E-state index contributed by atoms with van der Waals surface area (Å²) in [4.78, 5) is 35.0. The lowest BCUT2D eigenvalue weighted by molar-refractivity contribution is -0.120. The SMILES string of the molecule is CC(Nc1cccc(C(N)=O)c1)C(=O)NC(=O)Nc1ccccc1F. The highest BCUT2D eigenvalue weighted by Gasteiger charge is 2.16. The van der Waals surface area contributed by atoms with E-state index < -0.39 is 29.7 Å². The quantitative estimate of drug-likeness (QED) is 0.665. The van der Waals surface area contributed by atoms with Crippen LogP contribution in [0, 0.1) is 5.82 Å². The second-order valence-electron chi connectivity index (χ2n) is 5.23. The molecule has 0 saturated heterocycles.